The van der Waals surface area contributed by atoms with E-state index in [-0.39, 0.29) is 33.8 Å². The summed E-state index contributed by atoms with van der Waals surface area (Å²) in [5, 5.41) is 14.8. The van der Waals surface area contributed by atoms with Gasteiger partial charge in [-0.05, 0) is 56.4 Å². The van der Waals surface area contributed by atoms with Crippen LogP contribution in [0.1, 0.15) is 31.2 Å². The Morgan fingerprint density at radius 1 is 1.10 bits per heavy atom. The number of piperazine rings is 1. The highest BCUT2D eigenvalue weighted by atomic mass is 35.5. The van der Waals surface area contributed by atoms with Crippen molar-refractivity contribution in [1.82, 2.24) is 19.8 Å². The van der Waals surface area contributed by atoms with Gasteiger partial charge in [-0.2, -0.15) is 4.98 Å². The highest BCUT2D eigenvalue weighted by Crippen LogP contribution is 2.43. The van der Waals surface area contributed by atoms with Crippen LogP contribution < -0.4 is 10.2 Å². The van der Waals surface area contributed by atoms with Crippen LogP contribution in [-0.4, -0.2) is 82.1 Å². The quantitative estimate of drug-likeness (QED) is 0.409. The van der Waals surface area contributed by atoms with Gasteiger partial charge in [0.2, 0.25) is 11.9 Å². The van der Waals surface area contributed by atoms with Crippen molar-refractivity contribution in [2.75, 3.05) is 49.5 Å². The number of aromatic nitrogens is 2. The number of hydrogen-bond donors (Lipinski definition) is 2. The molecule has 2 aromatic carbocycles. The van der Waals surface area contributed by atoms with Crippen LogP contribution in [0.5, 0.6) is 5.75 Å². The Hall–Kier alpha value is -3.43. The standard InChI is InChI=1S/C30H34ClFN6O2/c1-3-24(40)37-13-15-38(16-14-37)29-21-17-22(31)26(25-18(2)5-4-6-23(25)39)27(32)28(21)34-30(35-29)33-19-9-11-36(12-10-19)20-7-8-20/h3-6,17,19-20,39H,1,7-16H2,2H3,(H,33,34,35). The van der Waals surface area contributed by atoms with Gasteiger partial charge in [0.05, 0.1) is 5.02 Å². The third kappa shape index (κ3) is 5.08. The Morgan fingerprint density at radius 3 is 2.48 bits per heavy atom. The number of piperidine rings is 1. The van der Waals surface area contributed by atoms with Crippen LogP contribution in [0.3, 0.4) is 0 Å². The lowest BCUT2D eigenvalue weighted by atomic mass is 9.97. The van der Waals surface area contributed by atoms with E-state index in [0.29, 0.717) is 54.5 Å². The smallest absolute Gasteiger partial charge is 0.246 e. The van der Waals surface area contributed by atoms with E-state index < -0.39 is 5.82 Å². The number of halogens is 2. The zero-order valence-corrected chi connectivity index (χ0v) is 23.4. The van der Waals surface area contributed by atoms with E-state index >= 15 is 4.39 Å². The number of rotatable bonds is 6. The predicted octanol–water partition coefficient (Wildman–Crippen LogP) is 4.98. The Morgan fingerprint density at radius 2 is 1.82 bits per heavy atom. The van der Waals surface area contributed by atoms with Crippen molar-refractivity contribution in [1.29, 1.82) is 0 Å². The first-order valence-electron chi connectivity index (χ1n) is 14.0. The van der Waals surface area contributed by atoms with Crippen molar-refractivity contribution in [3.63, 3.8) is 0 Å². The minimum Gasteiger partial charge on any atom is -0.507 e. The zero-order valence-electron chi connectivity index (χ0n) is 22.7. The molecule has 10 heteroatoms. The molecule has 1 saturated carbocycles. The van der Waals surface area contributed by atoms with E-state index in [0.717, 1.165) is 32.0 Å². The Balaban J connectivity index is 1.40. The molecule has 6 rings (SSSR count). The summed E-state index contributed by atoms with van der Waals surface area (Å²) >= 11 is 6.71. The number of amides is 1. The first-order chi connectivity index (χ1) is 19.3. The number of phenols is 1. The van der Waals surface area contributed by atoms with Gasteiger partial charge < -0.3 is 25.1 Å². The number of fused-ring (bicyclic) bond motifs is 1. The molecule has 0 atom stereocenters. The molecule has 1 aromatic heterocycles. The van der Waals surface area contributed by atoms with E-state index in [2.05, 4.69) is 26.7 Å². The van der Waals surface area contributed by atoms with Crippen LogP contribution in [0.15, 0.2) is 36.9 Å². The van der Waals surface area contributed by atoms with Gasteiger partial charge in [-0.3, -0.25) is 4.79 Å². The first kappa shape index (κ1) is 26.8. The van der Waals surface area contributed by atoms with Gasteiger partial charge in [-0.25, -0.2) is 9.37 Å². The van der Waals surface area contributed by atoms with E-state index in [4.69, 9.17) is 16.6 Å². The maximum absolute atomic E-state index is 16.4. The topological polar surface area (TPSA) is 84.8 Å². The molecular weight excluding hydrogens is 531 g/mol. The van der Waals surface area contributed by atoms with Crippen LogP contribution in [0.25, 0.3) is 22.0 Å². The molecule has 3 aliphatic rings. The summed E-state index contributed by atoms with van der Waals surface area (Å²) in [6, 6.07) is 7.68. The predicted molar refractivity (Wildman–Crippen MR) is 157 cm³/mol. The number of likely N-dealkylation sites (tertiary alicyclic amines) is 1. The number of nitrogens with zero attached hydrogens (tertiary/aromatic N) is 5. The van der Waals surface area contributed by atoms with E-state index in [1.54, 1.807) is 17.0 Å². The second-order valence-corrected chi connectivity index (χ2v) is 11.4. The second-order valence-electron chi connectivity index (χ2n) is 11.0. The number of carbonyl (C=O) groups excluding carboxylic acids is 1. The summed E-state index contributed by atoms with van der Waals surface area (Å²) in [5.74, 6) is 0.206. The number of aryl methyl sites for hydroxylation is 1. The summed E-state index contributed by atoms with van der Waals surface area (Å²) in [6.07, 6.45) is 5.86. The average Bonchev–Trinajstić information content (AvgIpc) is 3.80. The van der Waals surface area contributed by atoms with Gasteiger partial charge in [0.25, 0.3) is 0 Å². The molecular formula is C30H34ClFN6O2. The van der Waals surface area contributed by atoms with Crippen molar-refractivity contribution in [2.24, 2.45) is 0 Å². The zero-order chi connectivity index (χ0) is 28.0. The molecule has 0 spiro atoms. The lowest BCUT2D eigenvalue weighted by molar-refractivity contribution is -0.126. The highest BCUT2D eigenvalue weighted by Gasteiger charge is 2.32. The summed E-state index contributed by atoms with van der Waals surface area (Å²) in [4.78, 5) is 28.1. The van der Waals surface area contributed by atoms with Gasteiger partial charge in [0, 0.05) is 67.9 Å². The maximum atomic E-state index is 16.4. The molecule has 40 heavy (non-hydrogen) atoms. The molecule has 210 valence electrons. The third-order valence-corrected chi connectivity index (χ3v) is 8.65. The lowest BCUT2D eigenvalue weighted by Crippen LogP contribution is -2.48. The number of anilines is 2. The molecule has 0 bridgehead atoms. The van der Waals surface area contributed by atoms with Gasteiger partial charge in [-0.15, -0.1) is 0 Å². The molecule has 0 radical (unpaired) electrons. The summed E-state index contributed by atoms with van der Waals surface area (Å²) in [5.41, 5.74) is 1.33. The molecule has 3 fully saturated rings. The van der Waals surface area contributed by atoms with E-state index in [1.807, 2.05) is 13.0 Å². The number of hydrogen-bond acceptors (Lipinski definition) is 7. The van der Waals surface area contributed by atoms with Crippen molar-refractivity contribution in [3.8, 4) is 16.9 Å². The molecule has 1 aliphatic carbocycles. The van der Waals surface area contributed by atoms with Crippen LogP contribution in [0, 0.1) is 12.7 Å². The number of nitrogens with one attached hydrogen (secondary N) is 1. The highest BCUT2D eigenvalue weighted by molar-refractivity contribution is 6.34. The first-order valence-corrected chi connectivity index (χ1v) is 14.4. The molecule has 8 nitrogen and oxygen atoms in total. The fourth-order valence-electron chi connectivity index (χ4n) is 5.99. The largest absolute Gasteiger partial charge is 0.507 e. The van der Waals surface area contributed by atoms with E-state index in [1.165, 1.54) is 25.0 Å². The summed E-state index contributed by atoms with van der Waals surface area (Å²) in [7, 11) is 0. The summed E-state index contributed by atoms with van der Waals surface area (Å²) < 4.78 is 16.4. The Kier molecular flexibility index (Phi) is 7.27. The lowest BCUT2D eigenvalue weighted by Gasteiger charge is -2.36. The molecule has 2 aliphatic heterocycles. The Bertz CT molecular complexity index is 1440. The maximum Gasteiger partial charge on any atom is 0.246 e. The Labute approximate surface area is 238 Å². The normalized spacial score (nSPS) is 18.8. The van der Waals surface area contributed by atoms with Crippen LogP contribution in [-0.2, 0) is 4.79 Å². The minimum absolute atomic E-state index is 0.0433. The number of benzene rings is 2. The molecule has 3 heterocycles. The fourth-order valence-corrected chi connectivity index (χ4v) is 6.28. The van der Waals surface area contributed by atoms with Gasteiger partial charge >= 0.3 is 0 Å². The van der Waals surface area contributed by atoms with Crippen molar-refractivity contribution in [2.45, 2.75) is 44.7 Å². The molecule has 1 amide bonds. The van der Waals surface area contributed by atoms with Crippen molar-refractivity contribution in [3.05, 3.63) is 53.3 Å². The second kappa shape index (κ2) is 10.9. The van der Waals surface area contributed by atoms with Gasteiger partial charge in [-0.1, -0.05) is 30.3 Å². The van der Waals surface area contributed by atoms with Crippen LogP contribution in [0.2, 0.25) is 5.02 Å². The molecule has 2 saturated heterocycles. The fraction of sp³-hybridized carbons (Fsp3) is 0.433. The minimum atomic E-state index is -0.595. The van der Waals surface area contributed by atoms with Crippen LogP contribution >= 0.6 is 11.6 Å². The third-order valence-electron chi connectivity index (χ3n) is 8.36. The average molecular weight is 565 g/mol. The molecule has 2 N–H and O–H groups in total. The van der Waals surface area contributed by atoms with Gasteiger partial charge in [0.15, 0.2) is 5.82 Å². The monoisotopic (exact) mass is 564 g/mol. The van der Waals surface area contributed by atoms with E-state index in [9.17, 15) is 9.90 Å². The van der Waals surface area contributed by atoms with Crippen molar-refractivity contribution >= 4 is 40.2 Å². The van der Waals surface area contributed by atoms with Crippen molar-refractivity contribution < 1.29 is 14.3 Å². The number of aromatic hydroxyl groups is 1. The van der Waals surface area contributed by atoms with Crippen LogP contribution in [0.4, 0.5) is 16.2 Å². The van der Waals surface area contributed by atoms with Gasteiger partial charge in [0.1, 0.15) is 17.1 Å². The summed E-state index contributed by atoms with van der Waals surface area (Å²) in [6.45, 7) is 9.54. The number of carbonyl (C=O) groups is 1. The molecule has 0 unspecified atom stereocenters. The SMILES string of the molecule is C=CC(=O)N1CCN(c2nc(NC3CCN(C4CC4)CC3)nc3c(F)c(-c4c(C)cccc4O)c(Cl)cc23)CC1. The molecule has 3 aromatic rings. The number of phenolic OH excluding ortho intramolecular Hbond substituents is 1.